The zero-order valence-electron chi connectivity index (χ0n) is 18.6. The van der Waals surface area contributed by atoms with E-state index in [1.165, 1.54) is 0 Å². The van der Waals surface area contributed by atoms with Gasteiger partial charge in [-0.1, -0.05) is 42.5 Å². The largest absolute Gasteiger partial charge is 0.491 e. The van der Waals surface area contributed by atoms with Gasteiger partial charge in [0.2, 0.25) is 0 Å². The average molecular weight is 430 g/mol. The second-order valence-electron chi connectivity index (χ2n) is 7.77. The molecule has 32 heavy (non-hydrogen) atoms. The summed E-state index contributed by atoms with van der Waals surface area (Å²) in [6, 6.07) is 23.6. The number of fused-ring (bicyclic) bond motifs is 1. The maximum atomic E-state index is 12.7. The highest BCUT2D eigenvalue weighted by Crippen LogP contribution is 2.36. The predicted molar refractivity (Wildman–Crippen MR) is 126 cm³/mol. The lowest BCUT2D eigenvalue weighted by Crippen LogP contribution is -2.07. The Morgan fingerprint density at radius 2 is 1.66 bits per heavy atom. The molecule has 5 nitrogen and oxygen atoms in total. The van der Waals surface area contributed by atoms with Crippen LogP contribution >= 0.6 is 0 Å². The van der Waals surface area contributed by atoms with Gasteiger partial charge in [0.25, 0.3) is 0 Å². The molecule has 0 fully saturated rings. The first-order chi connectivity index (χ1) is 15.5. The zero-order valence-corrected chi connectivity index (χ0v) is 18.6. The van der Waals surface area contributed by atoms with E-state index in [2.05, 4.69) is 4.98 Å². The molecule has 0 saturated carbocycles. The van der Waals surface area contributed by atoms with Gasteiger partial charge in [-0.15, -0.1) is 0 Å². The lowest BCUT2D eigenvalue weighted by atomic mass is 10.0. The molecule has 1 aromatic heterocycles. The SMILES string of the molecule is CCOC(=O)c1[nH]c2ccc(OCc3ccccc3)cc2c1-c1ccc(OC(C)C)cc1. The molecule has 1 heterocycles. The lowest BCUT2D eigenvalue weighted by molar-refractivity contribution is 0.0521. The Bertz CT molecular complexity index is 1190. The number of rotatable bonds is 8. The van der Waals surface area contributed by atoms with Crippen LogP contribution in [0.25, 0.3) is 22.0 Å². The van der Waals surface area contributed by atoms with Gasteiger partial charge in [0.15, 0.2) is 0 Å². The first-order valence-electron chi connectivity index (χ1n) is 10.8. The van der Waals surface area contributed by atoms with E-state index >= 15 is 0 Å². The van der Waals surface area contributed by atoms with E-state index in [0.717, 1.165) is 39.1 Å². The van der Waals surface area contributed by atoms with Crippen LogP contribution in [0.5, 0.6) is 11.5 Å². The number of hydrogen-bond donors (Lipinski definition) is 1. The number of H-pyrrole nitrogens is 1. The quantitative estimate of drug-likeness (QED) is 0.330. The monoisotopic (exact) mass is 429 g/mol. The Balaban J connectivity index is 1.73. The number of esters is 1. The Morgan fingerprint density at radius 1 is 0.938 bits per heavy atom. The van der Waals surface area contributed by atoms with E-state index < -0.39 is 0 Å². The summed E-state index contributed by atoms with van der Waals surface area (Å²) in [4.78, 5) is 15.9. The third-order valence-corrected chi connectivity index (χ3v) is 5.01. The van der Waals surface area contributed by atoms with Gasteiger partial charge in [0.1, 0.15) is 23.8 Å². The highest BCUT2D eigenvalue weighted by atomic mass is 16.5. The molecule has 0 aliphatic heterocycles. The van der Waals surface area contributed by atoms with E-state index in [1.54, 1.807) is 6.92 Å². The number of nitrogens with one attached hydrogen (secondary N) is 1. The van der Waals surface area contributed by atoms with Crippen molar-refractivity contribution in [1.82, 2.24) is 4.98 Å². The van der Waals surface area contributed by atoms with Crippen molar-refractivity contribution in [3.63, 3.8) is 0 Å². The van der Waals surface area contributed by atoms with Gasteiger partial charge in [-0.3, -0.25) is 0 Å². The molecule has 0 aliphatic carbocycles. The van der Waals surface area contributed by atoms with Crippen molar-refractivity contribution < 1.29 is 19.0 Å². The molecule has 1 N–H and O–H groups in total. The van der Waals surface area contributed by atoms with Crippen LogP contribution in [0.2, 0.25) is 0 Å². The van der Waals surface area contributed by atoms with Crippen LogP contribution in [0.4, 0.5) is 0 Å². The number of aromatic nitrogens is 1. The minimum atomic E-state index is -0.382. The van der Waals surface area contributed by atoms with Crippen LogP contribution in [0.15, 0.2) is 72.8 Å². The molecule has 0 unspecified atom stereocenters. The van der Waals surface area contributed by atoms with Crippen molar-refractivity contribution >= 4 is 16.9 Å². The fourth-order valence-electron chi connectivity index (χ4n) is 3.63. The van der Waals surface area contributed by atoms with Gasteiger partial charge in [-0.25, -0.2) is 4.79 Å². The zero-order chi connectivity index (χ0) is 22.5. The molecule has 0 saturated heterocycles. The number of aromatic amines is 1. The van der Waals surface area contributed by atoms with Crippen molar-refractivity contribution in [1.29, 1.82) is 0 Å². The molecular weight excluding hydrogens is 402 g/mol. The molecule has 0 spiro atoms. The average Bonchev–Trinajstić information content (AvgIpc) is 3.18. The minimum Gasteiger partial charge on any atom is -0.491 e. The van der Waals surface area contributed by atoms with Crippen LogP contribution in [0.3, 0.4) is 0 Å². The Kier molecular flexibility index (Phi) is 6.45. The van der Waals surface area contributed by atoms with E-state index in [9.17, 15) is 4.79 Å². The standard InChI is InChI=1S/C27H27NO4/c1-4-30-27(29)26-25(20-10-12-21(13-11-20)32-18(2)3)23-16-22(14-15-24(23)28-26)31-17-19-8-6-5-7-9-19/h5-16,18,28H,4,17H2,1-3H3. The minimum absolute atomic E-state index is 0.0911. The highest BCUT2D eigenvalue weighted by Gasteiger charge is 2.21. The van der Waals surface area contributed by atoms with E-state index in [4.69, 9.17) is 14.2 Å². The number of benzene rings is 3. The third kappa shape index (κ3) is 4.78. The van der Waals surface area contributed by atoms with E-state index in [0.29, 0.717) is 18.9 Å². The molecule has 164 valence electrons. The highest BCUT2D eigenvalue weighted by molar-refractivity contribution is 6.08. The first-order valence-corrected chi connectivity index (χ1v) is 10.8. The maximum Gasteiger partial charge on any atom is 0.355 e. The van der Waals surface area contributed by atoms with Crippen LogP contribution in [0, 0.1) is 0 Å². The fourth-order valence-corrected chi connectivity index (χ4v) is 3.63. The number of ether oxygens (including phenoxy) is 3. The summed E-state index contributed by atoms with van der Waals surface area (Å²) < 4.78 is 17.1. The van der Waals surface area contributed by atoms with Gasteiger partial charge >= 0.3 is 5.97 Å². The maximum absolute atomic E-state index is 12.7. The van der Waals surface area contributed by atoms with Crippen molar-refractivity contribution in [2.45, 2.75) is 33.5 Å². The molecule has 4 rings (SSSR count). The normalized spacial score (nSPS) is 11.0. The molecule has 0 atom stereocenters. The Labute approximate surface area is 187 Å². The summed E-state index contributed by atoms with van der Waals surface area (Å²) in [5.41, 5.74) is 4.06. The lowest BCUT2D eigenvalue weighted by Gasteiger charge is -2.11. The molecule has 5 heteroatoms. The Hall–Kier alpha value is -3.73. The Morgan fingerprint density at radius 3 is 2.34 bits per heavy atom. The summed E-state index contributed by atoms with van der Waals surface area (Å²) >= 11 is 0. The van der Waals surface area contributed by atoms with Crippen LogP contribution in [-0.4, -0.2) is 23.7 Å². The van der Waals surface area contributed by atoms with E-state index in [-0.39, 0.29) is 12.1 Å². The topological polar surface area (TPSA) is 60.6 Å². The summed E-state index contributed by atoms with van der Waals surface area (Å²) in [6.45, 7) is 6.55. The molecule has 0 aliphatic rings. The fraction of sp³-hybridized carbons (Fsp3) is 0.222. The summed E-state index contributed by atoms with van der Waals surface area (Å²) in [5.74, 6) is 1.14. The summed E-state index contributed by atoms with van der Waals surface area (Å²) in [5, 5.41) is 0.899. The van der Waals surface area contributed by atoms with Crippen molar-refractivity contribution in [2.75, 3.05) is 6.61 Å². The van der Waals surface area contributed by atoms with Gasteiger partial charge in [0.05, 0.1) is 12.7 Å². The summed E-state index contributed by atoms with van der Waals surface area (Å²) in [6.07, 6.45) is 0.0911. The second-order valence-corrected chi connectivity index (χ2v) is 7.77. The molecule has 0 amide bonds. The molecule has 0 radical (unpaired) electrons. The van der Waals surface area contributed by atoms with Gasteiger partial charge in [-0.2, -0.15) is 0 Å². The van der Waals surface area contributed by atoms with Gasteiger partial charge < -0.3 is 19.2 Å². The van der Waals surface area contributed by atoms with Crippen LogP contribution in [-0.2, 0) is 11.3 Å². The van der Waals surface area contributed by atoms with Crippen molar-refractivity contribution in [2.24, 2.45) is 0 Å². The van der Waals surface area contributed by atoms with Crippen molar-refractivity contribution in [3.05, 3.63) is 84.1 Å². The number of carbonyl (C=O) groups excluding carboxylic acids is 1. The van der Waals surface area contributed by atoms with E-state index in [1.807, 2.05) is 86.6 Å². The van der Waals surface area contributed by atoms with Crippen molar-refractivity contribution in [3.8, 4) is 22.6 Å². The predicted octanol–water partition coefficient (Wildman–Crippen LogP) is 6.38. The molecule has 0 bridgehead atoms. The summed E-state index contributed by atoms with van der Waals surface area (Å²) in [7, 11) is 0. The van der Waals surface area contributed by atoms with Gasteiger partial charge in [-0.05, 0) is 62.2 Å². The molecule has 3 aromatic carbocycles. The van der Waals surface area contributed by atoms with Crippen LogP contribution < -0.4 is 9.47 Å². The van der Waals surface area contributed by atoms with Crippen LogP contribution in [0.1, 0.15) is 36.8 Å². The second kappa shape index (κ2) is 9.60. The smallest absolute Gasteiger partial charge is 0.355 e. The number of hydrogen-bond acceptors (Lipinski definition) is 4. The van der Waals surface area contributed by atoms with Gasteiger partial charge in [0, 0.05) is 16.5 Å². The first kappa shape index (κ1) is 21.5. The molecular formula is C27H27NO4. The third-order valence-electron chi connectivity index (χ3n) is 5.01. The number of carbonyl (C=O) groups is 1. The molecule has 4 aromatic rings.